The van der Waals surface area contributed by atoms with Gasteiger partial charge in [0.25, 0.3) is 0 Å². The first kappa shape index (κ1) is 11.3. The third-order valence-corrected chi connectivity index (χ3v) is 4.12. The van der Waals surface area contributed by atoms with Crippen molar-refractivity contribution in [2.45, 2.75) is 0 Å². The lowest BCUT2D eigenvalue weighted by Crippen LogP contribution is -1.78. The van der Waals surface area contributed by atoms with Crippen LogP contribution in [0.15, 0.2) is 40.4 Å². The number of thiophene rings is 1. The zero-order chi connectivity index (χ0) is 12.5. The number of phenols is 2. The van der Waals surface area contributed by atoms with E-state index in [0.717, 1.165) is 21.8 Å². The molecular formula is C13H9NO2S2. The molecule has 2 heterocycles. The van der Waals surface area contributed by atoms with E-state index in [1.165, 1.54) is 12.1 Å². The van der Waals surface area contributed by atoms with Crippen LogP contribution in [0, 0.1) is 0 Å². The molecule has 0 saturated carbocycles. The molecule has 2 aromatic heterocycles. The maximum atomic E-state index is 9.48. The summed E-state index contributed by atoms with van der Waals surface area (Å²) in [4.78, 5) is 4.53. The maximum absolute atomic E-state index is 9.48. The lowest BCUT2D eigenvalue weighted by molar-refractivity contribution is 0.404. The van der Waals surface area contributed by atoms with Gasteiger partial charge in [0.1, 0.15) is 5.01 Å². The van der Waals surface area contributed by atoms with E-state index in [-0.39, 0.29) is 11.5 Å². The van der Waals surface area contributed by atoms with Crippen molar-refractivity contribution in [3.8, 4) is 33.3 Å². The highest BCUT2D eigenvalue weighted by Gasteiger charge is 2.08. The SMILES string of the molecule is Oc1ccc(-c2csc(-c3ccsc3)n2)cc1O. The van der Waals surface area contributed by atoms with E-state index in [2.05, 4.69) is 10.4 Å². The van der Waals surface area contributed by atoms with E-state index in [1.807, 2.05) is 16.8 Å². The number of aromatic nitrogens is 1. The largest absolute Gasteiger partial charge is 0.504 e. The van der Waals surface area contributed by atoms with Crippen molar-refractivity contribution >= 4 is 22.7 Å². The molecule has 3 aromatic rings. The van der Waals surface area contributed by atoms with E-state index in [4.69, 9.17) is 0 Å². The number of thiazole rings is 1. The van der Waals surface area contributed by atoms with Gasteiger partial charge in [-0.25, -0.2) is 4.98 Å². The van der Waals surface area contributed by atoms with Crippen molar-refractivity contribution in [2.24, 2.45) is 0 Å². The quantitative estimate of drug-likeness (QED) is 0.696. The fourth-order valence-corrected chi connectivity index (χ4v) is 3.15. The summed E-state index contributed by atoms with van der Waals surface area (Å²) in [6.45, 7) is 0. The van der Waals surface area contributed by atoms with E-state index in [0.29, 0.717) is 0 Å². The fraction of sp³-hybridized carbons (Fsp3) is 0. The van der Waals surface area contributed by atoms with Gasteiger partial charge in [0.05, 0.1) is 5.69 Å². The Bertz CT molecular complexity index is 674. The highest BCUT2D eigenvalue weighted by atomic mass is 32.1. The van der Waals surface area contributed by atoms with Crippen LogP contribution in [0.2, 0.25) is 0 Å². The Labute approximate surface area is 112 Å². The molecule has 0 aliphatic carbocycles. The van der Waals surface area contributed by atoms with E-state index in [1.54, 1.807) is 28.7 Å². The van der Waals surface area contributed by atoms with Gasteiger partial charge in [-0.05, 0) is 29.6 Å². The standard InChI is InChI=1S/C13H9NO2S2/c15-11-2-1-8(5-12(11)16)10-7-18-13(14-10)9-3-4-17-6-9/h1-7,15-16H. The van der Waals surface area contributed by atoms with Gasteiger partial charge >= 0.3 is 0 Å². The van der Waals surface area contributed by atoms with Crippen molar-refractivity contribution < 1.29 is 10.2 Å². The lowest BCUT2D eigenvalue weighted by Gasteiger charge is -2.00. The number of rotatable bonds is 2. The summed E-state index contributed by atoms with van der Waals surface area (Å²) in [7, 11) is 0. The molecule has 5 heteroatoms. The molecule has 0 unspecified atom stereocenters. The van der Waals surface area contributed by atoms with Crippen LogP contribution in [0.1, 0.15) is 0 Å². The molecular weight excluding hydrogens is 266 g/mol. The summed E-state index contributed by atoms with van der Waals surface area (Å²) in [6, 6.07) is 6.75. The zero-order valence-corrected chi connectivity index (χ0v) is 10.8. The average Bonchev–Trinajstić information content (AvgIpc) is 3.01. The second kappa shape index (κ2) is 4.44. The molecule has 90 valence electrons. The van der Waals surface area contributed by atoms with E-state index in [9.17, 15) is 10.2 Å². The molecule has 0 bridgehead atoms. The molecule has 2 N–H and O–H groups in total. The van der Waals surface area contributed by atoms with Gasteiger partial charge in [0, 0.05) is 21.9 Å². The lowest BCUT2D eigenvalue weighted by atomic mass is 10.1. The monoisotopic (exact) mass is 275 g/mol. The highest BCUT2D eigenvalue weighted by Crippen LogP contribution is 2.33. The van der Waals surface area contributed by atoms with Crippen molar-refractivity contribution in [3.63, 3.8) is 0 Å². The van der Waals surface area contributed by atoms with Crippen LogP contribution in [0.4, 0.5) is 0 Å². The minimum absolute atomic E-state index is 0.118. The Kier molecular flexibility index (Phi) is 2.77. The van der Waals surface area contributed by atoms with E-state index < -0.39 is 0 Å². The summed E-state index contributed by atoms with van der Waals surface area (Å²) in [5, 5.41) is 25.7. The zero-order valence-electron chi connectivity index (χ0n) is 9.20. The van der Waals surface area contributed by atoms with Gasteiger partial charge in [0.2, 0.25) is 0 Å². The smallest absolute Gasteiger partial charge is 0.158 e. The third kappa shape index (κ3) is 1.98. The molecule has 0 aliphatic heterocycles. The Morgan fingerprint density at radius 2 is 1.83 bits per heavy atom. The van der Waals surface area contributed by atoms with Crippen LogP contribution in [0.3, 0.4) is 0 Å². The number of phenolic OH excluding ortho intramolecular Hbond substituents is 2. The van der Waals surface area contributed by atoms with Gasteiger partial charge in [-0.1, -0.05) is 0 Å². The number of hydrogen-bond acceptors (Lipinski definition) is 5. The molecule has 0 radical (unpaired) electrons. The van der Waals surface area contributed by atoms with Crippen molar-refractivity contribution in [2.75, 3.05) is 0 Å². The van der Waals surface area contributed by atoms with Gasteiger partial charge in [-0.15, -0.1) is 11.3 Å². The predicted octanol–water partition coefficient (Wildman–Crippen LogP) is 3.95. The van der Waals surface area contributed by atoms with Crippen molar-refractivity contribution in [1.29, 1.82) is 0 Å². The summed E-state index contributed by atoms with van der Waals surface area (Å²) in [6.07, 6.45) is 0. The molecule has 0 spiro atoms. The summed E-state index contributed by atoms with van der Waals surface area (Å²) in [5.41, 5.74) is 2.71. The van der Waals surface area contributed by atoms with Crippen LogP contribution < -0.4 is 0 Å². The van der Waals surface area contributed by atoms with Crippen molar-refractivity contribution in [1.82, 2.24) is 4.98 Å². The predicted molar refractivity (Wildman–Crippen MR) is 74.2 cm³/mol. The normalized spacial score (nSPS) is 10.7. The fourth-order valence-electron chi connectivity index (χ4n) is 1.61. The summed E-state index contributed by atoms with van der Waals surface area (Å²) >= 11 is 3.20. The number of aromatic hydroxyl groups is 2. The van der Waals surface area contributed by atoms with Gasteiger partial charge in [-0.3, -0.25) is 0 Å². The first-order valence-corrected chi connectivity index (χ1v) is 7.07. The Balaban J connectivity index is 2.00. The third-order valence-electron chi connectivity index (χ3n) is 2.54. The van der Waals surface area contributed by atoms with Crippen LogP contribution >= 0.6 is 22.7 Å². The average molecular weight is 275 g/mol. The molecule has 0 fully saturated rings. The van der Waals surface area contributed by atoms with Crippen LogP contribution in [-0.2, 0) is 0 Å². The molecule has 0 amide bonds. The van der Waals surface area contributed by atoms with Crippen LogP contribution in [-0.4, -0.2) is 15.2 Å². The van der Waals surface area contributed by atoms with E-state index >= 15 is 0 Å². The summed E-state index contributed by atoms with van der Waals surface area (Å²) < 4.78 is 0. The van der Waals surface area contributed by atoms with Crippen LogP contribution in [0.25, 0.3) is 21.8 Å². The second-order valence-electron chi connectivity index (χ2n) is 3.75. The minimum Gasteiger partial charge on any atom is -0.504 e. The molecule has 3 rings (SSSR count). The van der Waals surface area contributed by atoms with Gasteiger partial charge < -0.3 is 10.2 Å². The number of benzene rings is 1. The molecule has 18 heavy (non-hydrogen) atoms. The maximum Gasteiger partial charge on any atom is 0.158 e. The minimum atomic E-state index is -0.127. The van der Waals surface area contributed by atoms with Gasteiger partial charge in [0.15, 0.2) is 11.5 Å². The van der Waals surface area contributed by atoms with Gasteiger partial charge in [-0.2, -0.15) is 11.3 Å². The number of nitrogens with zero attached hydrogens (tertiary/aromatic N) is 1. The second-order valence-corrected chi connectivity index (χ2v) is 5.39. The van der Waals surface area contributed by atoms with Crippen molar-refractivity contribution in [3.05, 3.63) is 40.4 Å². The molecule has 1 aromatic carbocycles. The molecule has 0 saturated heterocycles. The molecule has 0 atom stereocenters. The molecule has 0 aliphatic rings. The topological polar surface area (TPSA) is 53.4 Å². The summed E-state index contributed by atoms with van der Waals surface area (Å²) in [5.74, 6) is -0.246. The Morgan fingerprint density at radius 3 is 2.56 bits per heavy atom. The first-order chi connectivity index (χ1) is 8.74. The van der Waals surface area contributed by atoms with Crippen LogP contribution in [0.5, 0.6) is 11.5 Å². The number of hydrogen-bond donors (Lipinski definition) is 2. The Hall–Kier alpha value is -1.85. The first-order valence-electron chi connectivity index (χ1n) is 5.24. The highest BCUT2D eigenvalue weighted by molar-refractivity contribution is 7.14. The Morgan fingerprint density at radius 1 is 0.944 bits per heavy atom. The molecule has 3 nitrogen and oxygen atoms in total.